The molecule has 0 amide bonds. The lowest BCUT2D eigenvalue weighted by atomic mass is 10.1. The molecule has 3 aromatic rings. The first kappa shape index (κ1) is 13.0. The van der Waals surface area contributed by atoms with Crippen molar-refractivity contribution in [2.45, 2.75) is 13.0 Å². The highest BCUT2D eigenvalue weighted by molar-refractivity contribution is 9.10. The maximum atomic E-state index is 5.77. The minimum atomic E-state index is 0.158. The molecule has 0 bridgehead atoms. The molecule has 1 atom stereocenters. The Morgan fingerprint density at radius 3 is 2.90 bits per heavy atom. The average Bonchev–Trinajstić information content (AvgIpc) is 2.80. The number of nitrogens with one attached hydrogen (secondary N) is 2. The Hall–Kier alpha value is -2.01. The first-order valence-corrected chi connectivity index (χ1v) is 7.18. The lowest BCUT2D eigenvalue weighted by molar-refractivity contribution is 0.868. The van der Waals surface area contributed by atoms with Crippen LogP contribution in [0.15, 0.2) is 46.9 Å². The van der Waals surface area contributed by atoms with E-state index in [1.54, 1.807) is 0 Å². The standard InChI is InChI=1S/C15H15BrN4/c1-9(10-3-2-4-11(16)7-10)18-15-19-13-6-5-12(17)8-14(13)20-15/h2-9H,17H2,1H3,(H2,18,19,20). The fourth-order valence-corrected chi connectivity index (χ4v) is 2.58. The van der Waals surface area contributed by atoms with Crippen molar-refractivity contribution >= 4 is 38.6 Å². The van der Waals surface area contributed by atoms with Crippen LogP contribution in [0.2, 0.25) is 0 Å². The van der Waals surface area contributed by atoms with Crippen LogP contribution >= 0.6 is 15.9 Å². The molecule has 0 aliphatic carbocycles. The fourth-order valence-electron chi connectivity index (χ4n) is 2.16. The summed E-state index contributed by atoms with van der Waals surface area (Å²) in [5, 5.41) is 3.37. The lowest BCUT2D eigenvalue weighted by Gasteiger charge is -2.13. The number of hydrogen-bond acceptors (Lipinski definition) is 3. The summed E-state index contributed by atoms with van der Waals surface area (Å²) in [6.07, 6.45) is 0. The van der Waals surface area contributed by atoms with Gasteiger partial charge in [-0.25, -0.2) is 4.98 Å². The van der Waals surface area contributed by atoms with Gasteiger partial charge in [-0.1, -0.05) is 28.1 Å². The number of nitrogen functional groups attached to an aromatic ring is 1. The predicted octanol–water partition coefficient (Wildman–Crippen LogP) is 4.08. The average molecular weight is 331 g/mol. The van der Waals surface area contributed by atoms with Crippen LogP contribution in [-0.2, 0) is 0 Å². The molecule has 0 saturated carbocycles. The third kappa shape index (κ3) is 2.63. The fraction of sp³-hybridized carbons (Fsp3) is 0.133. The summed E-state index contributed by atoms with van der Waals surface area (Å²) in [5.74, 6) is 0.748. The van der Waals surface area contributed by atoms with Crippen LogP contribution in [-0.4, -0.2) is 9.97 Å². The van der Waals surface area contributed by atoms with Crippen LogP contribution in [0.5, 0.6) is 0 Å². The Kier molecular flexibility index (Phi) is 3.36. The van der Waals surface area contributed by atoms with Crippen LogP contribution in [0.25, 0.3) is 11.0 Å². The van der Waals surface area contributed by atoms with Gasteiger partial charge in [-0.3, -0.25) is 0 Å². The van der Waals surface area contributed by atoms with Gasteiger partial charge in [0.05, 0.1) is 17.1 Å². The summed E-state index contributed by atoms with van der Waals surface area (Å²) in [4.78, 5) is 7.75. The number of aromatic nitrogens is 2. The zero-order valence-corrected chi connectivity index (χ0v) is 12.6. The second kappa shape index (κ2) is 5.17. The van der Waals surface area contributed by atoms with Crippen molar-refractivity contribution in [1.82, 2.24) is 9.97 Å². The highest BCUT2D eigenvalue weighted by Crippen LogP contribution is 2.23. The largest absolute Gasteiger partial charge is 0.399 e. The van der Waals surface area contributed by atoms with E-state index in [0.717, 1.165) is 27.1 Å². The summed E-state index contributed by atoms with van der Waals surface area (Å²) >= 11 is 3.49. The number of H-pyrrole nitrogens is 1. The molecule has 4 nitrogen and oxygen atoms in total. The van der Waals surface area contributed by atoms with E-state index in [4.69, 9.17) is 5.73 Å². The van der Waals surface area contributed by atoms with Gasteiger partial charge in [-0.2, -0.15) is 0 Å². The molecule has 0 aliphatic heterocycles. The van der Waals surface area contributed by atoms with Gasteiger partial charge in [0.1, 0.15) is 0 Å². The quantitative estimate of drug-likeness (QED) is 0.634. The number of benzene rings is 2. The molecule has 20 heavy (non-hydrogen) atoms. The van der Waals surface area contributed by atoms with Gasteiger partial charge in [0, 0.05) is 10.2 Å². The third-order valence-electron chi connectivity index (χ3n) is 3.21. The molecule has 0 spiro atoms. The van der Waals surface area contributed by atoms with Crippen molar-refractivity contribution in [2.75, 3.05) is 11.1 Å². The van der Waals surface area contributed by atoms with Crippen molar-refractivity contribution in [3.05, 3.63) is 52.5 Å². The van der Waals surface area contributed by atoms with Crippen LogP contribution in [0.3, 0.4) is 0 Å². The maximum absolute atomic E-state index is 5.77. The molecule has 5 heteroatoms. The second-order valence-corrected chi connectivity index (χ2v) is 5.70. The first-order valence-electron chi connectivity index (χ1n) is 6.39. The van der Waals surface area contributed by atoms with Crippen molar-refractivity contribution in [3.8, 4) is 0 Å². The van der Waals surface area contributed by atoms with Gasteiger partial charge in [0.25, 0.3) is 0 Å². The van der Waals surface area contributed by atoms with Crippen molar-refractivity contribution in [3.63, 3.8) is 0 Å². The molecule has 102 valence electrons. The topological polar surface area (TPSA) is 66.7 Å². The Bertz CT molecular complexity index is 750. The molecular formula is C15H15BrN4. The lowest BCUT2D eigenvalue weighted by Crippen LogP contribution is -2.07. The molecule has 4 N–H and O–H groups in total. The number of anilines is 2. The number of halogens is 1. The van der Waals surface area contributed by atoms with E-state index in [0.29, 0.717) is 0 Å². The number of rotatable bonds is 3. The molecule has 1 unspecified atom stereocenters. The van der Waals surface area contributed by atoms with Gasteiger partial charge in [-0.15, -0.1) is 0 Å². The Morgan fingerprint density at radius 1 is 1.25 bits per heavy atom. The number of fused-ring (bicyclic) bond motifs is 1. The SMILES string of the molecule is CC(Nc1nc2ccc(N)cc2[nH]1)c1cccc(Br)c1. The third-order valence-corrected chi connectivity index (χ3v) is 3.70. The number of imidazole rings is 1. The summed E-state index contributed by atoms with van der Waals surface area (Å²) < 4.78 is 1.07. The second-order valence-electron chi connectivity index (χ2n) is 4.78. The smallest absolute Gasteiger partial charge is 0.201 e. The summed E-state index contributed by atoms with van der Waals surface area (Å²) in [6.45, 7) is 2.10. The number of aromatic amines is 1. The molecule has 2 aromatic carbocycles. The molecular weight excluding hydrogens is 316 g/mol. The molecule has 1 aromatic heterocycles. The zero-order valence-electron chi connectivity index (χ0n) is 11.0. The molecule has 1 heterocycles. The number of nitrogens with two attached hydrogens (primary N) is 1. The maximum Gasteiger partial charge on any atom is 0.201 e. The summed E-state index contributed by atoms with van der Waals surface area (Å²) in [7, 11) is 0. The summed E-state index contributed by atoms with van der Waals surface area (Å²) in [5.41, 5.74) is 9.54. The van der Waals surface area contributed by atoms with E-state index >= 15 is 0 Å². The van der Waals surface area contributed by atoms with Gasteiger partial charge in [0.2, 0.25) is 5.95 Å². The molecule has 0 radical (unpaired) electrons. The highest BCUT2D eigenvalue weighted by Gasteiger charge is 2.09. The number of nitrogens with zero attached hydrogens (tertiary/aromatic N) is 1. The molecule has 3 rings (SSSR count). The minimum Gasteiger partial charge on any atom is -0.399 e. The van der Waals surface area contributed by atoms with Gasteiger partial charge in [-0.05, 0) is 42.8 Å². The van der Waals surface area contributed by atoms with Crippen LogP contribution in [0.4, 0.5) is 11.6 Å². The summed E-state index contributed by atoms with van der Waals surface area (Å²) in [6, 6.07) is 14.0. The zero-order chi connectivity index (χ0) is 14.1. The number of hydrogen-bond donors (Lipinski definition) is 3. The molecule has 0 aliphatic rings. The van der Waals surface area contributed by atoms with E-state index < -0.39 is 0 Å². The van der Waals surface area contributed by atoms with Crippen molar-refractivity contribution in [2.24, 2.45) is 0 Å². The minimum absolute atomic E-state index is 0.158. The van der Waals surface area contributed by atoms with Crippen LogP contribution < -0.4 is 11.1 Å². The normalized spacial score (nSPS) is 12.5. The Morgan fingerprint density at radius 2 is 2.10 bits per heavy atom. The predicted molar refractivity (Wildman–Crippen MR) is 86.7 cm³/mol. The molecule has 0 fully saturated rings. The van der Waals surface area contributed by atoms with E-state index in [1.807, 2.05) is 30.3 Å². The molecule has 0 saturated heterocycles. The van der Waals surface area contributed by atoms with Gasteiger partial charge in [0.15, 0.2) is 0 Å². The van der Waals surface area contributed by atoms with E-state index in [-0.39, 0.29) is 6.04 Å². The van der Waals surface area contributed by atoms with Crippen molar-refractivity contribution < 1.29 is 0 Å². The first-order chi connectivity index (χ1) is 9.61. The van der Waals surface area contributed by atoms with E-state index in [9.17, 15) is 0 Å². The van der Waals surface area contributed by atoms with Crippen LogP contribution in [0, 0.1) is 0 Å². The van der Waals surface area contributed by atoms with Crippen LogP contribution in [0.1, 0.15) is 18.5 Å². The highest BCUT2D eigenvalue weighted by atomic mass is 79.9. The van der Waals surface area contributed by atoms with E-state index in [1.165, 1.54) is 5.56 Å². The monoisotopic (exact) mass is 330 g/mol. The van der Waals surface area contributed by atoms with Gasteiger partial charge >= 0.3 is 0 Å². The van der Waals surface area contributed by atoms with E-state index in [2.05, 4.69) is 50.3 Å². The van der Waals surface area contributed by atoms with Gasteiger partial charge < -0.3 is 16.0 Å². The Labute approximate surface area is 125 Å². The van der Waals surface area contributed by atoms with Crippen molar-refractivity contribution in [1.29, 1.82) is 0 Å². The Balaban J connectivity index is 1.85.